The molecule has 1 saturated heterocycles. The summed E-state index contributed by atoms with van der Waals surface area (Å²) in [5, 5.41) is 28.1. The molecule has 0 radical (unpaired) electrons. The molecule has 6 nitrogen and oxygen atoms in total. The van der Waals surface area contributed by atoms with E-state index in [1.54, 1.807) is 18.0 Å². The van der Waals surface area contributed by atoms with E-state index in [9.17, 15) is 13.9 Å². The zero-order valence-corrected chi connectivity index (χ0v) is 16.5. The third-order valence-electron chi connectivity index (χ3n) is 5.67. The second-order valence-corrected chi connectivity index (χ2v) is 8.09. The normalized spacial score (nSPS) is 21.5. The lowest BCUT2D eigenvalue weighted by Gasteiger charge is -2.43. The summed E-state index contributed by atoms with van der Waals surface area (Å²) in [4.78, 5) is 3.63. The van der Waals surface area contributed by atoms with E-state index >= 15 is 0 Å². The first kappa shape index (κ1) is 19.5. The maximum atomic E-state index is 14.1. The fourth-order valence-electron chi connectivity index (χ4n) is 4.54. The molecular weight excluding hydrogens is 376 g/mol. The molecule has 1 N–H and O–H groups in total. The lowest BCUT2D eigenvalue weighted by molar-refractivity contribution is -0.0648. The van der Waals surface area contributed by atoms with Crippen LogP contribution in [0.1, 0.15) is 29.5 Å². The van der Waals surface area contributed by atoms with Gasteiger partial charge in [-0.25, -0.2) is 8.78 Å². The van der Waals surface area contributed by atoms with Gasteiger partial charge in [0.2, 0.25) is 0 Å². The number of hydrogen-bond donors (Lipinski definition) is 1. The van der Waals surface area contributed by atoms with Gasteiger partial charge < -0.3 is 10.0 Å². The molecule has 0 spiro atoms. The number of phenolic OH excluding ortho intramolecular Hbond substituents is 1. The van der Waals surface area contributed by atoms with E-state index < -0.39 is 5.92 Å². The van der Waals surface area contributed by atoms with E-state index in [1.807, 2.05) is 24.0 Å². The van der Waals surface area contributed by atoms with Crippen LogP contribution in [-0.4, -0.2) is 58.9 Å². The zero-order valence-electron chi connectivity index (χ0n) is 16.5. The van der Waals surface area contributed by atoms with Gasteiger partial charge in [-0.1, -0.05) is 0 Å². The highest BCUT2D eigenvalue weighted by molar-refractivity contribution is 5.73. The minimum absolute atomic E-state index is 0.0167. The Labute approximate surface area is 168 Å². The summed E-state index contributed by atoms with van der Waals surface area (Å²) in [6.45, 7) is 2.83. The Balaban J connectivity index is 1.69. The number of alkyl halides is 2. The van der Waals surface area contributed by atoms with Crippen LogP contribution < -0.4 is 4.90 Å². The molecule has 152 valence electrons. The van der Waals surface area contributed by atoms with E-state index in [-0.39, 0.29) is 24.8 Å². The number of rotatable bonds is 2. The summed E-state index contributed by atoms with van der Waals surface area (Å²) < 4.78 is 28.2. The van der Waals surface area contributed by atoms with Gasteiger partial charge in [0.15, 0.2) is 5.82 Å². The smallest absolute Gasteiger partial charge is 0.262 e. The van der Waals surface area contributed by atoms with Crippen LogP contribution in [0.15, 0.2) is 18.2 Å². The van der Waals surface area contributed by atoms with Crippen molar-refractivity contribution in [1.29, 1.82) is 5.26 Å². The topological polar surface area (TPSA) is 76.3 Å². The highest BCUT2D eigenvalue weighted by Gasteiger charge is 2.42. The van der Waals surface area contributed by atoms with E-state index in [1.165, 1.54) is 6.07 Å². The van der Waals surface area contributed by atoms with Crippen LogP contribution in [-0.2, 0) is 6.42 Å². The molecule has 8 heteroatoms. The largest absolute Gasteiger partial charge is 0.507 e. The third-order valence-corrected chi connectivity index (χ3v) is 5.67. The van der Waals surface area contributed by atoms with Crippen LogP contribution in [0.4, 0.5) is 14.6 Å². The average Bonchev–Trinajstić information content (AvgIpc) is 2.65. The number of anilines is 1. The maximum Gasteiger partial charge on any atom is 0.262 e. The van der Waals surface area contributed by atoms with E-state index in [4.69, 9.17) is 5.26 Å². The van der Waals surface area contributed by atoms with Crippen LogP contribution in [0, 0.1) is 18.3 Å². The van der Waals surface area contributed by atoms with Crippen molar-refractivity contribution in [1.82, 2.24) is 15.1 Å². The quantitative estimate of drug-likeness (QED) is 0.836. The van der Waals surface area contributed by atoms with Gasteiger partial charge in [0.05, 0.1) is 23.9 Å². The highest BCUT2D eigenvalue weighted by atomic mass is 19.3. The van der Waals surface area contributed by atoms with Gasteiger partial charge in [-0.2, -0.15) is 5.26 Å². The lowest BCUT2D eigenvalue weighted by Crippen LogP contribution is -2.55. The molecule has 0 unspecified atom stereocenters. The summed E-state index contributed by atoms with van der Waals surface area (Å²) in [7, 11) is 1.72. The molecular formula is C21H23F2N5O. The number of hydrogen-bond acceptors (Lipinski definition) is 6. The first-order valence-electron chi connectivity index (χ1n) is 9.71. The molecule has 3 heterocycles. The van der Waals surface area contributed by atoms with Crippen molar-refractivity contribution in [2.24, 2.45) is 0 Å². The van der Waals surface area contributed by atoms with Gasteiger partial charge in [0, 0.05) is 31.1 Å². The van der Waals surface area contributed by atoms with Crippen molar-refractivity contribution >= 4 is 5.82 Å². The number of aromatic hydroxyl groups is 1. The van der Waals surface area contributed by atoms with Gasteiger partial charge in [-0.15, -0.1) is 10.2 Å². The van der Waals surface area contributed by atoms with Crippen molar-refractivity contribution in [3.63, 3.8) is 0 Å². The van der Waals surface area contributed by atoms with Crippen LogP contribution in [0.2, 0.25) is 0 Å². The molecule has 0 bridgehead atoms. The Morgan fingerprint density at radius 1 is 1.28 bits per heavy atom. The summed E-state index contributed by atoms with van der Waals surface area (Å²) in [6, 6.07) is 6.70. The van der Waals surface area contributed by atoms with Gasteiger partial charge >= 0.3 is 0 Å². The third kappa shape index (κ3) is 3.75. The Kier molecular flexibility index (Phi) is 4.87. The molecule has 2 aromatic rings. The SMILES string of the molecule is Cc1cc(C#N)cc(O)c1-c1cc2c(nn1)N([C@H]1CN(C)CC(F)(F)C1)CCC2. The second kappa shape index (κ2) is 7.23. The fraction of sp³-hybridized carbons (Fsp3) is 0.476. The highest BCUT2D eigenvalue weighted by Crippen LogP contribution is 2.37. The number of likely N-dealkylation sites (tertiary alicyclic amines) is 1. The zero-order chi connectivity index (χ0) is 20.8. The van der Waals surface area contributed by atoms with Crippen LogP contribution in [0.3, 0.4) is 0 Å². The van der Waals surface area contributed by atoms with Crippen LogP contribution >= 0.6 is 0 Å². The Hall–Kier alpha value is -2.79. The second-order valence-electron chi connectivity index (χ2n) is 8.09. The molecule has 0 amide bonds. The minimum Gasteiger partial charge on any atom is -0.507 e. The first-order chi connectivity index (χ1) is 13.8. The van der Waals surface area contributed by atoms with Gasteiger partial charge in [0.25, 0.3) is 5.92 Å². The number of aromatic nitrogens is 2. The molecule has 0 aliphatic carbocycles. The fourth-order valence-corrected chi connectivity index (χ4v) is 4.54. The van der Waals surface area contributed by atoms with Gasteiger partial charge in [-0.3, -0.25) is 4.90 Å². The molecule has 2 aliphatic heterocycles. The summed E-state index contributed by atoms with van der Waals surface area (Å²) in [5.41, 5.74) is 3.12. The molecule has 4 rings (SSSR count). The van der Waals surface area contributed by atoms with E-state index in [0.717, 1.165) is 24.0 Å². The molecule has 1 aromatic carbocycles. The van der Waals surface area contributed by atoms with Crippen molar-refractivity contribution in [2.75, 3.05) is 31.6 Å². The Morgan fingerprint density at radius 2 is 2.07 bits per heavy atom. The first-order valence-corrected chi connectivity index (χ1v) is 9.71. The minimum atomic E-state index is -2.71. The number of benzene rings is 1. The predicted molar refractivity (Wildman–Crippen MR) is 105 cm³/mol. The van der Waals surface area contributed by atoms with Crippen molar-refractivity contribution in [3.05, 3.63) is 34.9 Å². The average molecular weight is 399 g/mol. The Bertz CT molecular complexity index is 965. The van der Waals surface area contributed by atoms with Gasteiger partial charge in [0.1, 0.15) is 5.75 Å². The van der Waals surface area contributed by atoms with E-state index in [0.29, 0.717) is 35.7 Å². The van der Waals surface area contributed by atoms with Crippen LogP contribution in [0.25, 0.3) is 11.3 Å². The molecule has 0 saturated carbocycles. The lowest BCUT2D eigenvalue weighted by atomic mass is 9.96. The van der Waals surface area contributed by atoms with Gasteiger partial charge in [-0.05, 0) is 56.1 Å². The number of fused-ring (bicyclic) bond motifs is 1. The number of nitriles is 1. The number of likely N-dealkylation sites (N-methyl/N-ethyl adjacent to an activating group) is 1. The standard InChI is InChI=1S/C21H23F2N5O/c1-13-6-14(10-24)7-18(29)19(13)17-8-15-4-3-5-28(20(15)26-25-17)16-9-21(22,23)12-27(2)11-16/h6-8,16,29H,3-5,9,11-12H2,1-2H3/t16-/m1/s1. The molecule has 2 aliphatic rings. The van der Waals surface area contributed by atoms with Crippen LogP contribution in [0.5, 0.6) is 5.75 Å². The molecule has 1 fully saturated rings. The summed E-state index contributed by atoms with van der Waals surface area (Å²) in [5.74, 6) is -2.08. The van der Waals surface area contributed by atoms with Crippen molar-refractivity contribution < 1.29 is 13.9 Å². The number of nitrogens with zero attached hydrogens (tertiary/aromatic N) is 5. The molecule has 1 atom stereocenters. The van der Waals surface area contributed by atoms with E-state index in [2.05, 4.69) is 10.2 Å². The molecule has 1 aromatic heterocycles. The number of halogens is 2. The van der Waals surface area contributed by atoms with Crippen molar-refractivity contribution in [2.45, 2.75) is 38.2 Å². The monoisotopic (exact) mass is 399 g/mol. The Morgan fingerprint density at radius 3 is 2.76 bits per heavy atom. The number of aryl methyl sites for hydroxylation is 2. The summed E-state index contributed by atoms with van der Waals surface area (Å²) in [6.07, 6.45) is 1.45. The summed E-state index contributed by atoms with van der Waals surface area (Å²) >= 11 is 0. The number of piperidine rings is 1. The van der Waals surface area contributed by atoms with Crippen molar-refractivity contribution in [3.8, 4) is 23.1 Å². The molecule has 29 heavy (non-hydrogen) atoms. The predicted octanol–water partition coefficient (Wildman–Crippen LogP) is 3.12. The number of phenols is 1. The maximum absolute atomic E-state index is 14.1.